The van der Waals surface area contributed by atoms with E-state index in [9.17, 15) is 9.59 Å². The summed E-state index contributed by atoms with van der Waals surface area (Å²) in [6.07, 6.45) is 1.68. The lowest BCUT2D eigenvalue weighted by molar-refractivity contribution is 0.102. The van der Waals surface area contributed by atoms with Gasteiger partial charge < -0.3 is 24.1 Å². The Balaban J connectivity index is 1.98. The van der Waals surface area contributed by atoms with Crippen molar-refractivity contribution in [1.29, 1.82) is 0 Å². The first kappa shape index (κ1) is 20.3. The molecule has 8 nitrogen and oxygen atoms in total. The van der Waals surface area contributed by atoms with Gasteiger partial charge >= 0.3 is 0 Å². The van der Waals surface area contributed by atoms with Crippen molar-refractivity contribution in [3.05, 3.63) is 58.1 Å². The number of aromatic nitrogens is 2. The molecule has 0 bridgehead atoms. The summed E-state index contributed by atoms with van der Waals surface area (Å²) >= 11 is 0. The van der Waals surface area contributed by atoms with Crippen LogP contribution in [0.3, 0.4) is 0 Å². The highest BCUT2D eigenvalue weighted by molar-refractivity contribution is 6.07. The number of pyridine rings is 2. The van der Waals surface area contributed by atoms with Gasteiger partial charge in [-0.05, 0) is 31.2 Å². The molecule has 0 radical (unpaired) electrons. The maximum Gasteiger partial charge on any atom is 0.260 e. The average Bonchev–Trinajstić information content (AvgIpc) is 2.73. The minimum absolute atomic E-state index is 0.219. The van der Waals surface area contributed by atoms with Gasteiger partial charge in [-0.1, -0.05) is 0 Å². The third-order valence-corrected chi connectivity index (χ3v) is 4.58. The van der Waals surface area contributed by atoms with E-state index in [4.69, 9.17) is 14.2 Å². The number of nitrogens with one attached hydrogen (secondary N) is 1. The second kappa shape index (κ2) is 8.74. The van der Waals surface area contributed by atoms with Crippen LogP contribution in [-0.4, -0.2) is 43.4 Å². The summed E-state index contributed by atoms with van der Waals surface area (Å²) in [5.74, 6) is 0.693. The molecule has 0 aliphatic heterocycles. The van der Waals surface area contributed by atoms with Gasteiger partial charge in [0.2, 0.25) is 0 Å². The zero-order valence-corrected chi connectivity index (χ0v) is 16.8. The monoisotopic (exact) mass is 397 g/mol. The fourth-order valence-electron chi connectivity index (χ4n) is 2.99. The van der Waals surface area contributed by atoms with Crippen molar-refractivity contribution >= 4 is 22.5 Å². The predicted molar refractivity (Wildman–Crippen MR) is 110 cm³/mol. The highest BCUT2D eigenvalue weighted by atomic mass is 16.5. The predicted octanol–water partition coefficient (Wildman–Crippen LogP) is 2.62. The van der Waals surface area contributed by atoms with Gasteiger partial charge in [0.15, 0.2) is 0 Å². The molecule has 0 saturated heterocycles. The van der Waals surface area contributed by atoms with Crippen LogP contribution < -0.4 is 20.3 Å². The Morgan fingerprint density at radius 2 is 1.93 bits per heavy atom. The highest BCUT2D eigenvalue weighted by Gasteiger charge is 2.16. The molecule has 1 N–H and O–H groups in total. The van der Waals surface area contributed by atoms with Crippen LogP contribution in [0.4, 0.5) is 5.69 Å². The van der Waals surface area contributed by atoms with Gasteiger partial charge in [0, 0.05) is 25.9 Å². The quantitative estimate of drug-likeness (QED) is 0.659. The largest absolute Gasteiger partial charge is 0.497 e. The number of ether oxygens (including phenoxy) is 3. The van der Waals surface area contributed by atoms with Crippen LogP contribution in [0.2, 0.25) is 0 Å². The molecule has 1 amide bonds. The van der Waals surface area contributed by atoms with Gasteiger partial charge in [0.1, 0.15) is 11.5 Å². The van der Waals surface area contributed by atoms with Crippen molar-refractivity contribution in [3.8, 4) is 11.5 Å². The molecule has 8 heteroatoms. The van der Waals surface area contributed by atoms with E-state index in [1.807, 2.05) is 0 Å². The third-order valence-electron chi connectivity index (χ3n) is 4.58. The summed E-state index contributed by atoms with van der Waals surface area (Å²) in [7, 11) is 4.64. The smallest absolute Gasteiger partial charge is 0.260 e. The van der Waals surface area contributed by atoms with Crippen LogP contribution in [0.5, 0.6) is 11.5 Å². The van der Waals surface area contributed by atoms with E-state index < -0.39 is 0 Å². The number of amides is 1. The van der Waals surface area contributed by atoms with Gasteiger partial charge in [0.05, 0.1) is 48.7 Å². The Kier molecular flexibility index (Phi) is 6.13. The van der Waals surface area contributed by atoms with E-state index in [1.165, 1.54) is 11.7 Å². The second-order valence-electron chi connectivity index (χ2n) is 6.38. The molecular formula is C21H23N3O5. The third kappa shape index (κ3) is 4.22. The van der Waals surface area contributed by atoms with Crippen molar-refractivity contribution in [2.75, 3.05) is 33.3 Å². The summed E-state index contributed by atoms with van der Waals surface area (Å²) in [4.78, 5) is 30.1. The van der Waals surface area contributed by atoms with Crippen LogP contribution in [0.1, 0.15) is 16.1 Å². The Labute approximate surface area is 168 Å². The number of fused-ring (bicyclic) bond motifs is 1. The molecule has 3 rings (SSSR count). The molecule has 0 saturated carbocycles. The Morgan fingerprint density at radius 1 is 1.14 bits per heavy atom. The van der Waals surface area contributed by atoms with Crippen LogP contribution in [0, 0.1) is 6.92 Å². The van der Waals surface area contributed by atoms with Gasteiger partial charge in [-0.3, -0.25) is 14.6 Å². The topological polar surface area (TPSA) is 91.7 Å². The van der Waals surface area contributed by atoms with Crippen molar-refractivity contribution in [3.63, 3.8) is 0 Å². The van der Waals surface area contributed by atoms with Gasteiger partial charge in [-0.25, -0.2) is 0 Å². The molecule has 1 aromatic carbocycles. The van der Waals surface area contributed by atoms with Crippen LogP contribution in [-0.2, 0) is 11.3 Å². The summed E-state index contributed by atoms with van der Waals surface area (Å²) in [5, 5.41) is 3.19. The van der Waals surface area contributed by atoms with E-state index in [0.29, 0.717) is 52.5 Å². The van der Waals surface area contributed by atoms with Crippen molar-refractivity contribution in [2.24, 2.45) is 0 Å². The molecule has 152 valence electrons. The molecule has 2 heterocycles. The van der Waals surface area contributed by atoms with Crippen LogP contribution in [0.15, 0.2) is 41.3 Å². The van der Waals surface area contributed by atoms with Gasteiger partial charge in [-0.2, -0.15) is 0 Å². The number of anilines is 1. The Bertz CT molecular complexity index is 1110. The van der Waals surface area contributed by atoms with Gasteiger partial charge in [0.25, 0.3) is 11.5 Å². The zero-order valence-electron chi connectivity index (χ0n) is 16.8. The molecule has 0 atom stereocenters. The summed E-state index contributed by atoms with van der Waals surface area (Å²) in [6, 6.07) is 8.42. The number of carbonyl (C=O) groups is 1. The van der Waals surface area contributed by atoms with Crippen molar-refractivity contribution < 1.29 is 19.0 Å². The lowest BCUT2D eigenvalue weighted by atomic mass is 10.1. The highest BCUT2D eigenvalue weighted by Crippen LogP contribution is 2.29. The van der Waals surface area contributed by atoms with E-state index in [-0.39, 0.29) is 11.5 Å². The molecule has 0 fully saturated rings. The van der Waals surface area contributed by atoms with Crippen molar-refractivity contribution in [1.82, 2.24) is 9.55 Å². The minimum Gasteiger partial charge on any atom is -0.497 e. The van der Waals surface area contributed by atoms with Gasteiger partial charge in [-0.15, -0.1) is 0 Å². The molecule has 3 aromatic rings. The molecule has 0 aliphatic rings. The molecule has 0 aliphatic carbocycles. The maximum atomic E-state index is 12.9. The van der Waals surface area contributed by atoms with Crippen LogP contribution in [0.25, 0.3) is 10.9 Å². The first-order chi connectivity index (χ1) is 14.0. The van der Waals surface area contributed by atoms with E-state index in [2.05, 4.69) is 10.3 Å². The summed E-state index contributed by atoms with van der Waals surface area (Å²) < 4.78 is 17.1. The van der Waals surface area contributed by atoms with Crippen LogP contribution >= 0.6 is 0 Å². The first-order valence-corrected chi connectivity index (χ1v) is 9.01. The molecule has 29 heavy (non-hydrogen) atoms. The maximum absolute atomic E-state index is 12.9. The van der Waals surface area contributed by atoms with Crippen molar-refractivity contribution in [2.45, 2.75) is 13.5 Å². The van der Waals surface area contributed by atoms with E-state index in [0.717, 1.165) is 0 Å². The number of rotatable bonds is 7. The molecule has 0 unspecified atom stereocenters. The lowest BCUT2D eigenvalue weighted by Gasteiger charge is -2.13. The molecule has 0 spiro atoms. The standard InChI is InChI=1S/C21H23N3O5/c1-13-15(20(25)23-18-6-5-14(28-3)11-19(18)29-4)12-16-17(22-13)7-8-24(21(16)26)9-10-27-2/h5-8,11-12H,9-10H2,1-4H3,(H,23,25). The van der Waals surface area contributed by atoms with E-state index in [1.54, 1.807) is 57.7 Å². The summed E-state index contributed by atoms with van der Waals surface area (Å²) in [6.45, 7) is 2.56. The normalized spacial score (nSPS) is 10.8. The van der Waals surface area contributed by atoms with E-state index >= 15 is 0 Å². The fourth-order valence-corrected chi connectivity index (χ4v) is 2.99. The number of nitrogens with zero attached hydrogens (tertiary/aromatic N) is 2. The number of hydrogen-bond donors (Lipinski definition) is 1. The first-order valence-electron chi connectivity index (χ1n) is 9.01. The minimum atomic E-state index is -0.382. The lowest BCUT2D eigenvalue weighted by Crippen LogP contribution is -2.23. The Hall–Kier alpha value is -3.39. The molecule has 2 aromatic heterocycles. The summed E-state index contributed by atoms with van der Waals surface area (Å²) in [5.41, 5.74) is 1.65. The number of carbonyl (C=O) groups excluding carboxylic acids is 1. The number of aryl methyl sites for hydroxylation is 1. The number of methoxy groups -OCH3 is 3. The SMILES string of the molecule is COCCn1ccc2nc(C)c(C(=O)Nc3ccc(OC)cc3OC)cc2c1=O. The Morgan fingerprint density at radius 3 is 2.62 bits per heavy atom. The number of benzene rings is 1. The zero-order chi connectivity index (χ0) is 21.0. The fraction of sp³-hybridized carbons (Fsp3) is 0.286. The number of hydrogen-bond acceptors (Lipinski definition) is 6. The second-order valence-corrected chi connectivity index (χ2v) is 6.38. The molecular weight excluding hydrogens is 374 g/mol. The average molecular weight is 397 g/mol.